The molecule has 6 nitrogen and oxygen atoms in total. The number of esters is 1. The Bertz CT molecular complexity index is 1150. The van der Waals surface area contributed by atoms with Crippen molar-refractivity contribution in [2.75, 3.05) is 17.3 Å². The van der Waals surface area contributed by atoms with Crippen LogP contribution in [0.25, 0.3) is 11.3 Å². The Hall–Kier alpha value is -2.74. The lowest BCUT2D eigenvalue weighted by molar-refractivity contribution is -0.151. The van der Waals surface area contributed by atoms with Crippen LogP contribution in [-0.2, 0) is 14.3 Å². The predicted octanol–water partition coefficient (Wildman–Crippen LogP) is 5.24. The molecule has 2 aromatic carbocycles. The van der Waals surface area contributed by atoms with Crippen molar-refractivity contribution in [3.63, 3.8) is 0 Å². The van der Waals surface area contributed by atoms with Crippen LogP contribution >= 0.6 is 34.5 Å². The average Bonchev–Trinajstić information content (AvgIpc) is 3.46. The summed E-state index contributed by atoms with van der Waals surface area (Å²) in [6.45, 7) is 0.155. The number of ketones is 1. The number of hydrogen-bond acceptors (Lipinski definition) is 6. The number of amides is 1. The normalized spacial score (nSPS) is 16.6. The lowest BCUT2D eigenvalue weighted by Crippen LogP contribution is -2.32. The van der Waals surface area contributed by atoms with Gasteiger partial charge in [-0.3, -0.25) is 19.3 Å². The third kappa shape index (κ3) is 5.43. The van der Waals surface area contributed by atoms with Gasteiger partial charge >= 0.3 is 5.97 Å². The van der Waals surface area contributed by atoms with Gasteiger partial charge in [-0.25, -0.2) is 4.98 Å². The standard InChI is InChI=1S/C24H20Cl2N2O4S/c25-11-10-20(22(30)16-6-8-18(26)9-7-16)32-23(31)17-12-21(29)28(13-17)24-27-19(14-33-24)15-4-2-1-3-5-15/h1-9,14,17,20H,10-13H2/t17-,20+/m1/s1. The molecule has 0 N–H and O–H groups in total. The van der Waals surface area contributed by atoms with Gasteiger partial charge in [0.1, 0.15) is 0 Å². The van der Waals surface area contributed by atoms with Crippen molar-refractivity contribution in [2.45, 2.75) is 18.9 Å². The van der Waals surface area contributed by atoms with Gasteiger partial charge in [-0.15, -0.1) is 22.9 Å². The maximum absolute atomic E-state index is 12.8. The molecule has 9 heteroatoms. The van der Waals surface area contributed by atoms with E-state index in [0.717, 1.165) is 11.3 Å². The van der Waals surface area contributed by atoms with Crippen LogP contribution in [-0.4, -0.2) is 41.2 Å². The van der Waals surface area contributed by atoms with E-state index < -0.39 is 18.0 Å². The van der Waals surface area contributed by atoms with Gasteiger partial charge in [-0.2, -0.15) is 0 Å². The molecule has 0 saturated carbocycles. The van der Waals surface area contributed by atoms with Gasteiger partial charge in [0.05, 0.1) is 11.6 Å². The summed E-state index contributed by atoms with van der Waals surface area (Å²) < 4.78 is 5.53. The molecule has 0 aliphatic carbocycles. The second kappa shape index (κ2) is 10.5. The van der Waals surface area contributed by atoms with Crippen molar-refractivity contribution in [1.82, 2.24) is 4.98 Å². The van der Waals surface area contributed by atoms with Gasteiger partial charge in [0, 0.05) is 46.8 Å². The van der Waals surface area contributed by atoms with E-state index in [-0.39, 0.29) is 37.0 Å². The fourth-order valence-corrected chi connectivity index (χ4v) is 4.74. The summed E-state index contributed by atoms with van der Waals surface area (Å²) in [6.07, 6.45) is -0.849. The number of rotatable bonds is 8. The van der Waals surface area contributed by atoms with Crippen LogP contribution in [0.4, 0.5) is 5.13 Å². The molecule has 1 fully saturated rings. The van der Waals surface area contributed by atoms with Gasteiger partial charge in [0.25, 0.3) is 0 Å². The monoisotopic (exact) mass is 502 g/mol. The largest absolute Gasteiger partial charge is 0.454 e. The minimum absolute atomic E-state index is 0.00180. The number of ether oxygens (including phenoxy) is 1. The second-order valence-electron chi connectivity index (χ2n) is 7.56. The first-order valence-corrected chi connectivity index (χ1v) is 12.1. The van der Waals surface area contributed by atoms with E-state index in [9.17, 15) is 14.4 Å². The predicted molar refractivity (Wildman–Crippen MR) is 129 cm³/mol. The second-order valence-corrected chi connectivity index (χ2v) is 9.21. The summed E-state index contributed by atoms with van der Waals surface area (Å²) >= 11 is 13.1. The molecule has 1 saturated heterocycles. The van der Waals surface area contributed by atoms with Gasteiger partial charge in [0.15, 0.2) is 11.2 Å². The zero-order chi connectivity index (χ0) is 23.4. The van der Waals surface area contributed by atoms with Crippen LogP contribution in [0.15, 0.2) is 60.0 Å². The van der Waals surface area contributed by atoms with Crippen LogP contribution in [0.1, 0.15) is 23.2 Å². The number of alkyl halides is 1. The Morgan fingerprint density at radius 2 is 1.88 bits per heavy atom. The fraction of sp³-hybridized carbons (Fsp3) is 0.250. The van der Waals surface area contributed by atoms with E-state index in [1.165, 1.54) is 16.2 Å². The van der Waals surface area contributed by atoms with Crippen LogP contribution in [0.2, 0.25) is 5.02 Å². The molecule has 0 bridgehead atoms. The molecular formula is C24H20Cl2N2O4S. The Morgan fingerprint density at radius 3 is 2.58 bits per heavy atom. The van der Waals surface area contributed by atoms with E-state index in [0.29, 0.717) is 15.7 Å². The number of carbonyl (C=O) groups is 3. The first kappa shape index (κ1) is 23.4. The molecule has 1 aliphatic rings. The minimum atomic E-state index is -1.02. The summed E-state index contributed by atoms with van der Waals surface area (Å²) in [5.41, 5.74) is 2.10. The molecule has 3 aromatic rings. The molecule has 1 aliphatic heterocycles. The molecule has 2 atom stereocenters. The van der Waals surface area contributed by atoms with Crippen LogP contribution in [0, 0.1) is 5.92 Å². The first-order chi connectivity index (χ1) is 16.0. The van der Waals surface area contributed by atoms with E-state index in [1.807, 2.05) is 35.7 Å². The van der Waals surface area contributed by atoms with Gasteiger partial charge in [-0.05, 0) is 24.3 Å². The SMILES string of the molecule is O=C(O[C@@H](CCCl)C(=O)c1ccc(Cl)cc1)[C@@H]1CC(=O)N(c2nc(-c3ccccc3)cs2)C1. The van der Waals surface area contributed by atoms with Crippen molar-refractivity contribution in [3.8, 4) is 11.3 Å². The molecular weight excluding hydrogens is 483 g/mol. The lowest BCUT2D eigenvalue weighted by atomic mass is 10.0. The minimum Gasteiger partial charge on any atom is -0.454 e. The third-order valence-electron chi connectivity index (χ3n) is 5.30. The summed E-state index contributed by atoms with van der Waals surface area (Å²) in [5.74, 6) is -1.69. The van der Waals surface area contributed by atoms with Crippen molar-refractivity contribution in [1.29, 1.82) is 0 Å². The van der Waals surface area contributed by atoms with Crippen LogP contribution < -0.4 is 4.90 Å². The quantitative estimate of drug-likeness (QED) is 0.239. The molecule has 0 spiro atoms. The Kier molecular flexibility index (Phi) is 7.42. The number of nitrogens with zero attached hydrogens (tertiary/aromatic N) is 2. The summed E-state index contributed by atoms with van der Waals surface area (Å²) in [6, 6.07) is 16.0. The highest BCUT2D eigenvalue weighted by molar-refractivity contribution is 7.14. The van der Waals surface area contributed by atoms with Gasteiger partial charge in [0.2, 0.25) is 11.7 Å². The van der Waals surface area contributed by atoms with Crippen LogP contribution in [0.5, 0.6) is 0 Å². The van der Waals surface area contributed by atoms with Gasteiger partial charge < -0.3 is 4.74 Å². The molecule has 1 amide bonds. The smallest absolute Gasteiger partial charge is 0.312 e. The zero-order valence-electron chi connectivity index (χ0n) is 17.4. The lowest BCUT2D eigenvalue weighted by Gasteiger charge is -2.18. The number of carbonyl (C=O) groups excluding carboxylic acids is 3. The highest BCUT2D eigenvalue weighted by Crippen LogP contribution is 2.32. The molecule has 170 valence electrons. The zero-order valence-corrected chi connectivity index (χ0v) is 19.8. The van der Waals surface area contributed by atoms with E-state index in [4.69, 9.17) is 27.9 Å². The van der Waals surface area contributed by atoms with Gasteiger partial charge in [-0.1, -0.05) is 41.9 Å². The first-order valence-electron chi connectivity index (χ1n) is 10.3. The third-order valence-corrected chi connectivity index (χ3v) is 6.64. The number of benzene rings is 2. The van der Waals surface area contributed by atoms with E-state index >= 15 is 0 Å². The number of aromatic nitrogens is 1. The Balaban J connectivity index is 1.43. The van der Waals surface area contributed by atoms with E-state index in [2.05, 4.69) is 4.98 Å². The van der Waals surface area contributed by atoms with Crippen molar-refractivity contribution >= 4 is 57.3 Å². The highest BCUT2D eigenvalue weighted by Gasteiger charge is 2.39. The number of halogens is 2. The average molecular weight is 503 g/mol. The molecule has 33 heavy (non-hydrogen) atoms. The number of thiazole rings is 1. The maximum atomic E-state index is 12.8. The van der Waals surface area contributed by atoms with Crippen molar-refractivity contribution in [2.24, 2.45) is 5.92 Å². The van der Waals surface area contributed by atoms with E-state index in [1.54, 1.807) is 24.3 Å². The van der Waals surface area contributed by atoms with Crippen molar-refractivity contribution in [3.05, 3.63) is 70.6 Å². The Labute approximate surface area is 205 Å². The summed E-state index contributed by atoms with van der Waals surface area (Å²) in [4.78, 5) is 44.3. The number of Topliss-reactive ketones (excluding diaryl/α,β-unsaturated/α-hetero) is 1. The Morgan fingerprint density at radius 1 is 1.15 bits per heavy atom. The number of anilines is 1. The maximum Gasteiger partial charge on any atom is 0.312 e. The molecule has 0 unspecified atom stereocenters. The molecule has 0 radical (unpaired) electrons. The van der Waals surface area contributed by atoms with Crippen LogP contribution in [0.3, 0.4) is 0 Å². The molecule has 1 aromatic heterocycles. The summed E-state index contributed by atoms with van der Waals surface area (Å²) in [5, 5.41) is 2.91. The molecule has 4 rings (SSSR count). The molecule has 2 heterocycles. The summed E-state index contributed by atoms with van der Waals surface area (Å²) in [7, 11) is 0. The fourth-order valence-electron chi connectivity index (χ4n) is 3.56. The number of hydrogen-bond donors (Lipinski definition) is 0. The highest BCUT2D eigenvalue weighted by atomic mass is 35.5. The van der Waals surface area contributed by atoms with Crippen molar-refractivity contribution < 1.29 is 19.1 Å². The topological polar surface area (TPSA) is 76.6 Å².